The molecule has 0 aromatic carbocycles. The first-order valence-electron chi connectivity index (χ1n) is 6.20. The van der Waals surface area contributed by atoms with Gasteiger partial charge in [-0.25, -0.2) is 0 Å². The van der Waals surface area contributed by atoms with E-state index in [0.29, 0.717) is 6.04 Å². The lowest BCUT2D eigenvalue weighted by Gasteiger charge is -2.37. The number of hydrogen-bond donors (Lipinski definition) is 4. The van der Waals surface area contributed by atoms with Gasteiger partial charge in [0.1, 0.15) is 29.8 Å². The number of aliphatic hydroxyl groups is 3. The lowest BCUT2D eigenvalue weighted by molar-refractivity contribution is -0.164. The predicted octanol–water partition coefficient (Wildman–Crippen LogP) is -0.715. The number of rotatable bonds is 3. The van der Waals surface area contributed by atoms with E-state index in [-0.39, 0.29) is 12.0 Å². The quantitative estimate of drug-likeness (QED) is 0.544. The van der Waals surface area contributed by atoms with Gasteiger partial charge >= 0.3 is 0 Å². The zero-order valence-electron chi connectivity index (χ0n) is 10.5. The molecular weight excluding hydrogens is 256 g/mol. The number of aliphatic imine (C=N–C) groups is 1. The number of aliphatic hydroxyl groups excluding tert-OH is 3. The third kappa shape index (κ3) is 2.65. The fraction of sp³-hybridized carbons (Fsp3) is 0.909. The van der Waals surface area contributed by atoms with Crippen LogP contribution in [-0.2, 0) is 4.74 Å². The third-order valence-corrected chi connectivity index (χ3v) is 4.39. The van der Waals surface area contributed by atoms with Crippen LogP contribution in [0.1, 0.15) is 20.3 Å². The van der Waals surface area contributed by atoms with Gasteiger partial charge in [-0.3, -0.25) is 4.99 Å². The Morgan fingerprint density at radius 1 is 1.44 bits per heavy atom. The van der Waals surface area contributed by atoms with E-state index in [9.17, 15) is 10.2 Å². The van der Waals surface area contributed by atoms with Gasteiger partial charge < -0.3 is 25.4 Å². The van der Waals surface area contributed by atoms with Gasteiger partial charge in [-0.2, -0.15) is 0 Å². The Bertz CT molecular complexity index is 328. The van der Waals surface area contributed by atoms with Crippen molar-refractivity contribution in [2.75, 3.05) is 6.61 Å². The molecule has 1 saturated heterocycles. The SMILES string of the molecule is CC[C@H](C)NC1=N[C@@H]2[C@@H](O)[C@H](O)[C@@H](CO)O[C@@H]2S1. The molecule has 0 aliphatic carbocycles. The van der Waals surface area contributed by atoms with E-state index in [1.54, 1.807) is 0 Å². The molecule has 2 aliphatic rings. The molecule has 2 rings (SSSR count). The van der Waals surface area contributed by atoms with Crippen LogP contribution in [0.2, 0.25) is 0 Å². The molecule has 0 bridgehead atoms. The fourth-order valence-corrected chi connectivity index (χ4v) is 3.19. The van der Waals surface area contributed by atoms with Crippen LogP contribution in [0, 0.1) is 0 Å². The summed E-state index contributed by atoms with van der Waals surface area (Å²) >= 11 is 1.40. The summed E-state index contributed by atoms with van der Waals surface area (Å²) in [5.74, 6) is 0. The molecule has 104 valence electrons. The average molecular weight is 276 g/mol. The second kappa shape index (κ2) is 5.75. The van der Waals surface area contributed by atoms with Crippen molar-refractivity contribution in [1.82, 2.24) is 5.32 Å². The number of nitrogens with zero attached hydrogens (tertiary/aromatic N) is 1. The van der Waals surface area contributed by atoms with Gasteiger partial charge in [0.05, 0.1) is 6.61 Å². The molecule has 6 atom stereocenters. The highest BCUT2D eigenvalue weighted by Crippen LogP contribution is 2.35. The highest BCUT2D eigenvalue weighted by molar-refractivity contribution is 8.14. The molecule has 0 unspecified atom stereocenters. The molecule has 7 heteroatoms. The second-order valence-electron chi connectivity index (χ2n) is 4.70. The van der Waals surface area contributed by atoms with Crippen molar-refractivity contribution in [3.63, 3.8) is 0 Å². The Labute approximate surface area is 110 Å². The minimum atomic E-state index is -1.09. The van der Waals surface area contributed by atoms with Crippen molar-refractivity contribution in [1.29, 1.82) is 0 Å². The Morgan fingerprint density at radius 3 is 2.78 bits per heavy atom. The van der Waals surface area contributed by atoms with Crippen LogP contribution in [-0.4, -0.2) is 62.9 Å². The summed E-state index contributed by atoms with van der Waals surface area (Å²) in [5, 5.41) is 32.8. The molecule has 6 nitrogen and oxygen atoms in total. The maximum absolute atomic E-state index is 9.97. The van der Waals surface area contributed by atoms with Crippen LogP contribution in [0.25, 0.3) is 0 Å². The molecule has 0 saturated carbocycles. The molecule has 0 amide bonds. The maximum Gasteiger partial charge on any atom is 0.159 e. The monoisotopic (exact) mass is 276 g/mol. The van der Waals surface area contributed by atoms with E-state index in [0.717, 1.165) is 11.6 Å². The molecule has 0 aromatic rings. The van der Waals surface area contributed by atoms with Gasteiger partial charge in [0.25, 0.3) is 0 Å². The molecule has 2 aliphatic heterocycles. The number of thioether (sulfide) groups is 1. The number of nitrogens with one attached hydrogen (secondary N) is 1. The lowest BCUT2D eigenvalue weighted by Crippen LogP contribution is -2.55. The first-order valence-corrected chi connectivity index (χ1v) is 7.08. The van der Waals surface area contributed by atoms with E-state index in [2.05, 4.69) is 17.2 Å². The van der Waals surface area contributed by atoms with Crippen molar-refractivity contribution in [3.05, 3.63) is 0 Å². The van der Waals surface area contributed by atoms with Gasteiger partial charge in [0.15, 0.2) is 5.17 Å². The normalized spacial score (nSPS) is 41.2. The third-order valence-electron chi connectivity index (χ3n) is 3.32. The summed E-state index contributed by atoms with van der Waals surface area (Å²) in [6.07, 6.45) is -1.86. The molecule has 4 N–H and O–H groups in total. The molecule has 1 fully saturated rings. The van der Waals surface area contributed by atoms with Crippen molar-refractivity contribution >= 4 is 16.9 Å². The lowest BCUT2D eigenvalue weighted by atomic mass is 9.99. The maximum atomic E-state index is 9.97. The number of ether oxygens (including phenoxy) is 1. The van der Waals surface area contributed by atoms with E-state index in [1.807, 2.05) is 6.92 Å². The van der Waals surface area contributed by atoms with Gasteiger partial charge in [0.2, 0.25) is 0 Å². The zero-order valence-corrected chi connectivity index (χ0v) is 11.3. The van der Waals surface area contributed by atoms with E-state index < -0.39 is 24.4 Å². The predicted molar refractivity (Wildman–Crippen MR) is 69.5 cm³/mol. The van der Waals surface area contributed by atoms with E-state index in [4.69, 9.17) is 9.84 Å². The highest BCUT2D eigenvalue weighted by Gasteiger charge is 2.48. The standard InChI is InChI=1S/C11H20N2O4S/c1-3-5(2)12-11-13-7-9(16)8(15)6(4-14)17-10(7)18-11/h5-10,14-16H,3-4H2,1-2H3,(H,12,13)/t5-,6+,7+,8+,9+,10+/m0/s1. The van der Waals surface area contributed by atoms with Crippen LogP contribution in [0.3, 0.4) is 0 Å². The topological polar surface area (TPSA) is 94.3 Å². The van der Waals surface area contributed by atoms with Crippen LogP contribution < -0.4 is 5.32 Å². The van der Waals surface area contributed by atoms with Crippen LogP contribution in [0.4, 0.5) is 0 Å². The second-order valence-corrected chi connectivity index (χ2v) is 5.79. The van der Waals surface area contributed by atoms with E-state index >= 15 is 0 Å². The summed E-state index contributed by atoms with van der Waals surface area (Å²) < 4.78 is 5.54. The summed E-state index contributed by atoms with van der Waals surface area (Å²) in [6.45, 7) is 3.81. The summed E-state index contributed by atoms with van der Waals surface area (Å²) in [7, 11) is 0. The van der Waals surface area contributed by atoms with Crippen molar-refractivity contribution in [2.24, 2.45) is 4.99 Å². The molecule has 2 heterocycles. The molecule has 0 spiro atoms. The van der Waals surface area contributed by atoms with Crippen molar-refractivity contribution in [2.45, 2.75) is 56.1 Å². The summed E-state index contributed by atoms with van der Waals surface area (Å²) in [4.78, 5) is 4.35. The van der Waals surface area contributed by atoms with Gasteiger partial charge in [-0.1, -0.05) is 18.7 Å². The van der Waals surface area contributed by atoms with Crippen molar-refractivity contribution < 1.29 is 20.1 Å². The Balaban J connectivity index is 2.03. The summed E-state index contributed by atoms with van der Waals surface area (Å²) in [6, 6.07) is -0.175. The number of amidine groups is 1. The Morgan fingerprint density at radius 2 is 2.17 bits per heavy atom. The first kappa shape index (κ1) is 14.1. The van der Waals surface area contributed by atoms with E-state index in [1.165, 1.54) is 11.8 Å². The molecule has 18 heavy (non-hydrogen) atoms. The van der Waals surface area contributed by atoms with Crippen LogP contribution in [0.15, 0.2) is 4.99 Å². The number of fused-ring (bicyclic) bond motifs is 1. The fourth-order valence-electron chi connectivity index (χ4n) is 1.96. The number of hydrogen-bond acceptors (Lipinski definition) is 7. The minimum Gasteiger partial charge on any atom is -0.394 e. The Hall–Kier alpha value is -0.340. The highest BCUT2D eigenvalue weighted by atomic mass is 32.2. The van der Waals surface area contributed by atoms with Crippen LogP contribution >= 0.6 is 11.8 Å². The molecule has 0 aromatic heterocycles. The largest absolute Gasteiger partial charge is 0.394 e. The van der Waals surface area contributed by atoms with Gasteiger partial charge in [-0.15, -0.1) is 0 Å². The molecule has 0 radical (unpaired) electrons. The summed E-state index contributed by atoms with van der Waals surface area (Å²) in [5.41, 5.74) is -0.341. The van der Waals surface area contributed by atoms with Gasteiger partial charge in [-0.05, 0) is 13.3 Å². The van der Waals surface area contributed by atoms with Crippen molar-refractivity contribution in [3.8, 4) is 0 Å². The molecular formula is C11H20N2O4S. The zero-order chi connectivity index (χ0) is 13.3. The average Bonchev–Trinajstić information content (AvgIpc) is 2.76. The Kier molecular flexibility index (Phi) is 4.50. The minimum absolute atomic E-state index is 0.298. The van der Waals surface area contributed by atoms with Gasteiger partial charge in [0, 0.05) is 6.04 Å². The first-order chi connectivity index (χ1) is 8.56. The van der Waals surface area contributed by atoms with Crippen LogP contribution in [0.5, 0.6) is 0 Å². The smallest absolute Gasteiger partial charge is 0.159 e.